The zero-order chi connectivity index (χ0) is 10.5. The molecule has 1 aromatic rings. The van der Waals surface area contributed by atoms with Crippen molar-refractivity contribution < 1.29 is 0 Å². The lowest BCUT2D eigenvalue weighted by molar-refractivity contribution is 0.501. The van der Waals surface area contributed by atoms with Crippen LogP contribution < -0.4 is 10.2 Å². The van der Waals surface area contributed by atoms with Gasteiger partial charge in [0.2, 0.25) is 0 Å². The molecule has 15 heavy (non-hydrogen) atoms. The highest BCUT2D eigenvalue weighted by atomic mass is 15.2. The summed E-state index contributed by atoms with van der Waals surface area (Å²) in [6.45, 7) is 5.75. The maximum Gasteiger partial charge on any atom is 0.0386 e. The van der Waals surface area contributed by atoms with Gasteiger partial charge in [-0.05, 0) is 38.4 Å². The van der Waals surface area contributed by atoms with Gasteiger partial charge >= 0.3 is 0 Å². The maximum absolute atomic E-state index is 3.50. The molecule has 0 aliphatic carbocycles. The van der Waals surface area contributed by atoms with Gasteiger partial charge in [0.1, 0.15) is 0 Å². The Morgan fingerprint density at radius 3 is 2.80 bits per heavy atom. The van der Waals surface area contributed by atoms with Gasteiger partial charge in [-0.1, -0.05) is 18.2 Å². The van der Waals surface area contributed by atoms with Gasteiger partial charge in [0.05, 0.1) is 0 Å². The average molecular weight is 204 g/mol. The van der Waals surface area contributed by atoms with Crippen molar-refractivity contribution in [2.45, 2.75) is 25.8 Å². The zero-order valence-electron chi connectivity index (χ0n) is 9.45. The van der Waals surface area contributed by atoms with E-state index in [1.165, 1.54) is 31.6 Å². The summed E-state index contributed by atoms with van der Waals surface area (Å²) in [5, 5.41) is 3.50. The van der Waals surface area contributed by atoms with Crippen LogP contribution in [0.3, 0.4) is 0 Å². The minimum atomic E-state index is 0.590. The topological polar surface area (TPSA) is 15.3 Å². The van der Waals surface area contributed by atoms with Crippen molar-refractivity contribution in [2.75, 3.05) is 24.5 Å². The fraction of sp³-hybridized carbons (Fsp3) is 0.538. The fourth-order valence-corrected chi connectivity index (χ4v) is 2.18. The van der Waals surface area contributed by atoms with Gasteiger partial charge < -0.3 is 10.2 Å². The molecule has 0 saturated carbocycles. The Labute approximate surface area is 92.3 Å². The third-order valence-electron chi connectivity index (χ3n) is 3.06. The molecule has 0 radical (unpaired) electrons. The highest BCUT2D eigenvalue weighted by molar-refractivity contribution is 5.47. The van der Waals surface area contributed by atoms with Crippen molar-refractivity contribution in [3.8, 4) is 0 Å². The van der Waals surface area contributed by atoms with Crippen LogP contribution in [0.2, 0.25) is 0 Å². The van der Waals surface area contributed by atoms with E-state index in [1.54, 1.807) is 0 Å². The van der Waals surface area contributed by atoms with E-state index in [1.807, 2.05) is 0 Å². The second-order valence-electron chi connectivity index (χ2n) is 4.29. The first kappa shape index (κ1) is 10.5. The van der Waals surface area contributed by atoms with Gasteiger partial charge in [-0.25, -0.2) is 0 Å². The first-order chi connectivity index (χ1) is 7.38. The normalized spacial score (nSPS) is 23.3. The average Bonchev–Trinajstić information content (AvgIpc) is 2.25. The minimum absolute atomic E-state index is 0.590. The van der Waals surface area contributed by atoms with Crippen molar-refractivity contribution in [3.05, 3.63) is 30.3 Å². The number of para-hydroxylation sites is 1. The summed E-state index contributed by atoms with van der Waals surface area (Å²) in [4.78, 5) is 2.51. The largest absolute Gasteiger partial charge is 0.368 e. The van der Waals surface area contributed by atoms with Crippen molar-refractivity contribution in [2.24, 2.45) is 0 Å². The molecule has 1 aliphatic rings. The van der Waals surface area contributed by atoms with E-state index in [0.29, 0.717) is 6.04 Å². The van der Waals surface area contributed by atoms with Crippen LogP contribution in [0.25, 0.3) is 0 Å². The highest BCUT2D eigenvalue weighted by Crippen LogP contribution is 2.17. The molecule has 0 aromatic heterocycles. The van der Waals surface area contributed by atoms with Crippen LogP contribution in [0.15, 0.2) is 30.3 Å². The molecule has 1 aliphatic heterocycles. The summed E-state index contributed by atoms with van der Waals surface area (Å²) in [5.41, 5.74) is 1.36. The first-order valence-electron chi connectivity index (χ1n) is 5.90. The monoisotopic (exact) mass is 204 g/mol. The number of benzene rings is 1. The van der Waals surface area contributed by atoms with Crippen molar-refractivity contribution in [1.29, 1.82) is 0 Å². The molecule has 1 saturated heterocycles. The van der Waals surface area contributed by atoms with E-state index in [-0.39, 0.29) is 0 Å². The van der Waals surface area contributed by atoms with Crippen molar-refractivity contribution >= 4 is 5.69 Å². The Hall–Kier alpha value is -1.02. The van der Waals surface area contributed by atoms with Crippen LogP contribution in [-0.2, 0) is 0 Å². The minimum Gasteiger partial charge on any atom is -0.368 e. The van der Waals surface area contributed by atoms with Gasteiger partial charge in [0, 0.05) is 24.8 Å². The second-order valence-corrected chi connectivity index (χ2v) is 4.29. The van der Waals surface area contributed by atoms with Gasteiger partial charge in [-0.15, -0.1) is 0 Å². The third kappa shape index (κ3) is 2.72. The standard InChI is InChI=1S/C13H20N2/c1-12-11-14-9-5-6-10-15(12)13-7-3-2-4-8-13/h2-4,7-8,12,14H,5-6,9-11H2,1H3. The quantitative estimate of drug-likeness (QED) is 0.755. The van der Waals surface area contributed by atoms with Crippen LogP contribution >= 0.6 is 0 Å². The molecule has 0 spiro atoms. The van der Waals surface area contributed by atoms with E-state index >= 15 is 0 Å². The third-order valence-corrected chi connectivity index (χ3v) is 3.06. The molecule has 0 bridgehead atoms. The van der Waals surface area contributed by atoms with E-state index in [2.05, 4.69) is 47.5 Å². The molecule has 0 amide bonds. The van der Waals surface area contributed by atoms with E-state index in [9.17, 15) is 0 Å². The van der Waals surface area contributed by atoms with Crippen LogP contribution in [0.5, 0.6) is 0 Å². The molecule has 1 aromatic carbocycles. The smallest absolute Gasteiger partial charge is 0.0386 e. The fourth-order valence-electron chi connectivity index (χ4n) is 2.18. The summed E-state index contributed by atoms with van der Waals surface area (Å²) >= 11 is 0. The molecule has 82 valence electrons. The Kier molecular flexibility index (Phi) is 3.62. The lowest BCUT2D eigenvalue weighted by Gasteiger charge is -2.33. The van der Waals surface area contributed by atoms with Gasteiger partial charge in [-0.3, -0.25) is 0 Å². The number of rotatable bonds is 1. The lowest BCUT2D eigenvalue weighted by atomic mass is 10.1. The molecule has 2 heteroatoms. The van der Waals surface area contributed by atoms with E-state index < -0.39 is 0 Å². The van der Waals surface area contributed by atoms with Gasteiger partial charge in [-0.2, -0.15) is 0 Å². The van der Waals surface area contributed by atoms with Crippen molar-refractivity contribution in [3.63, 3.8) is 0 Å². The van der Waals surface area contributed by atoms with Crippen molar-refractivity contribution in [1.82, 2.24) is 5.32 Å². The van der Waals surface area contributed by atoms with E-state index in [4.69, 9.17) is 0 Å². The Morgan fingerprint density at radius 1 is 1.20 bits per heavy atom. The predicted molar refractivity (Wildman–Crippen MR) is 65.4 cm³/mol. The molecular weight excluding hydrogens is 184 g/mol. The van der Waals surface area contributed by atoms with Crippen LogP contribution in [0, 0.1) is 0 Å². The summed E-state index contributed by atoms with van der Waals surface area (Å²) in [5.74, 6) is 0. The molecule has 1 unspecified atom stereocenters. The Bertz CT molecular complexity index is 284. The summed E-state index contributed by atoms with van der Waals surface area (Å²) in [6.07, 6.45) is 2.57. The number of nitrogens with one attached hydrogen (secondary N) is 1. The summed E-state index contributed by atoms with van der Waals surface area (Å²) < 4.78 is 0. The summed E-state index contributed by atoms with van der Waals surface area (Å²) in [7, 11) is 0. The van der Waals surface area contributed by atoms with Gasteiger partial charge in [0.25, 0.3) is 0 Å². The SMILES string of the molecule is CC1CNCCCCN1c1ccccc1. The van der Waals surface area contributed by atoms with Crippen LogP contribution in [0.1, 0.15) is 19.8 Å². The number of nitrogens with zero attached hydrogens (tertiary/aromatic N) is 1. The van der Waals surface area contributed by atoms with E-state index in [0.717, 1.165) is 6.54 Å². The maximum atomic E-state index is 3.50. The summed E-state index contributed by atoms with van der Waals surface area (Å²) in [6, 6.07) is 11.3. The predicted octanol–water partition coefficient (Wildman–Crippen LogP) is 2.26. The highest BCUT2D eigenvalue weighted by Gasteiger charge is 2.15. The molecular formula is C13H20N2. The molecule has 1 atom stereocenters. The zero-order valence-corrected chi connectivity index (χ0v) is 9.45. The number of anilines is 1. The van der Waals surface area contributed by atoms with Crippen LogP contribution in [0.4, 0.5) is 5.69 Å². The molecule has 2 rings (SSSR count). The Balaban J connectivity index is 2.10. The lowest BCUT2D eigenvalue weighted by Crippen LogP contribution is -2.43. The second kappa shape index (κ2) is 5.17. The van der Waals surface area contributed by atoms with Crippen LogP contribution in [-0.4, -0.2) is 25.7 Å². The molecule has 1 N–H and O–H groups in total. The number of hydrogen-bond donors (Lipinski definition) is 1. The molecule has 1 fully saturated rings. The first-order valence-corrected chi connectivity index (χ1v) is 5.90. The molecule has 1 heterocycles. The number of hydrogen-bond acceptors (Lipinski definition) is 2. The van der Waals surface area contributed by atoms with Gasteiger partial charge in [0.15, 0.2) is 0 Å². The molecule has 2 nitrogen and oxygen atoms in total. The Morgan fingerprint density at radius 2 is 2.00 bits per heavy atom.